The van der Waals surface area contributed by atoms with Crippen molar-refractivity contribution < 1.29 is 28.5 Å². The Balaban J connectivity index is 0.00000576. The molecule has 0 spiro atoms. The van der Waals surface area contributed by atoms with E-state index in [0.29, 0.717) is 17.4 Å². The Hall–Kier alpha value is 0.170. The number of allylic oxidation sites excluding steroid dienone is 3. The maximum Gasteiger partial charge on any atom is 0.104 e. The van der Waals surface area contributed by atoms with Crippen LogP contribution in [0.3, 0.4) is 0 Å². The maximum absolute atomic E-state index is 2.51. The lowest BCUT2D eigenvalue weighted by Crippen LogP contribution is -3.00. The summed E-state index contributed by atoms with van der Waals surface area (Å²) in [6.45, 7) is 13.2. The molecule has 0 aromatic rings. The number of hydrogen-bond donors (Lipinski definition) is 0. The van der Waals surface area contributed by atoms with Gasteiger partial charge in [0.2, 0.25) is 0 Å². The molecular weight excluding hydrogens is 417 g/mol. The molecular formula is C23H44IN. The van der Waals surface area contributed by atoms with Crippen LogP contribution >= 0.6 is 0 Å². The van der Waals surface area contributed by atoms with E-state index in [2.05, 4.69) is 66.9 Å². The monoisotopic (exact) mass is 461 g/mol. The molecule has 0 saturated carbocycles. The third kappa shape index (κ3) is 8.60. The van der Waals surface area contributed by atoms with E-state index < -0.39 is 0 Å². The fraction of sp³-hybridized carbons (Fsp3) is 0.826. The van der Waals surface area contributed by atoms with E-state index >= 15 is 0 Å². The van der Waals surface area contributed by atoms with Crippen LogP contribution in [0.2, 0.25) is 0 Å². The first-order valence-corrected chi connectivity index (χ1v) is 10.4. The summed E-state index contributed by atoms with van der Waals surface area (Å²) in [6.07, 6.45) is 18.3. The van der Waals surface area contributed by atoms with Crippen molar-refractivity contribution in [2.24, 2.45) is 11.3 Å². The van der Waals surface area contributed by atoms with Crippen LogP contribution in [0, 0.1) is 11.3 Å². The van der Waals surface area contributed by atoms with E-state index in [1.54, 1.807) is 5.57 Å². The molecule has 0 saturated heterocycles. The lowest BCUT2D eigenvalue weighted by molar-refractivity contribution is -0.906. The van der Waals surface area contributed by atoms with Crippen molar-refractivity contribution >= 4 is 0 Å². The van der Waals surface area contributed by atoms with Gasteiger partial charge in [0.25, 0.3) is 0 Å². The molecule has 2 heteroatoms. The van der Waals surface area contributed by atoms with Gasteiger partial charge < -0.3 is 28.5 Å². The standard InChI is InChI=1S/C23H44N.HI/c1-8-9-10-11-12-13-19-24(6,7)21(3)16-17-22-20(2)15-14-18-23(22,4)5;/h15-17,21-22H,8-14,18-19H2,1-7H3;1H/q+1;/p-1/b17-16+;. The third-order valence-electron chi connectivity index (χ3n) is 6.36. The average molecular weight is 462 g/mol. The minimum absolute atomic E-state index is 0. The molecule has 0 N–H and O–H groups in total. The zero-order valence-corrected chi connectivity index (χ0v) is 20.2. The summed E-state index contributed by atoms with van der Waals surface area (Å²) in [5, 5.41) is 0. The highest BCUT2D eigenvalue weighted by atomic mass is 127. The molecule has 25 heavy (non-hydrogen) atoms. The van der Waals surface area contributed by atoms with Crippen molar-refractivity contribution in [3.8, 4) is 0 Å². The number of unbranched alkanes of at least 4 members (excludes halogenated alkanes) is 5. The Bertz CT molecular complexity index is 420. The van der Waals surface area contributed by atoms with Gasteiger partial charge in [0.15, 0.2) is 0 Å². The van der Waals surface area contributed by atoms with E-state index in [9.17, 15) is 0 Å². The Morgan fingerprint density at radius 3 is 2.36 bits per heavy atom. The van der Waals surface area contributed by atoms with Gasteiger partial charge in [-0.1, -0.05) is 64.2 Å². The zero-order chi connectivity index (χ0) is 18.2. The molecule has 1 aliphatic carbocycles. The molecule has 0 fully saturated rings. The molecule has 0 bridgehead atoms. The molecule has 1 rings (SSSR count). The highest BCUT2D eigenvalue weighted by Gasteiger charge is 2.31. The van der Waals surface area contributed by atoms with Gasteiger partial charge in [-0.25, -0.2) is 0 Å². The predicted molar refractivity (Wildman–Crippen MR) is 109 cm³/mol. The van der Waals surface area contributed by atoms with Gasteiger partial charge in [0.1, 0.15) is 6.04 Å². The van der Waals surface area contributed by atoms with E-state index in [-0.39, 0.29) is 24.0 Å². The van der Waals surface area contributed by atoms with E-state index in [0.717, 1.165) is 4.48 Å². The van der Waals surface area contributed by atoms with Crippen LogP contribution in [0.25, 0.3) is 0 Å². The number of nitrogens with zero attached hydrogens (tertiary/aromatic N) is 1. The largest absolute Gasteiger partial charge is 1.00 e. The molecule has 2 unspecified atom stereocenters. The van der Waals surface area contributed by atoms with Crippen molar-refractivity contribution in [2.75, 3.05) is 20.6 Å². The van der Waals surface area contributed by atoms with Crippen molar-refractivity contribution in [1.82, 2.24) is 0 Å². The smallest absolute Gasteiger partial charge is 0.104 e. The van der Waals surface area contributed by atoms with Crippen molar-refractivity contribution in [3.63, 3.8) is 0 Å². The van der Waals surface area contributed by atoms with Crippen LogP contribution in [-0.2, 0) is 0 Å². The Kier molecular flexibility index (Phi) is 11.9. The first kappa shape index (κ1) is 25.2. The van der Waals surface area contributed by atoms with Gasteiger partial charge in [-0.05, 0) is 51.0 Å². The molecule has 0 aromatic carbocycles. The number of halogens is 1. The minimum Gasteiger partial charge on any atom is -1.00 e. The van der Waals surface area contributed by atoms with Crippen molar-refractivity contribution in [3.05, 3.63) is 23.8 Å². The highest BCUT2D eigenvalue weighted by molar-refractivity contribution is 5.19. The summed E-state index contributed by atoms with van der Waals surface area (Å²) < 4.78 is 1.11. The van der Waals surface area contributed by atoms with Crippen LogP contribution < -0.4 is 24.0 Å². The fourth-order valence-corrected chi connectivity index (χ4v) is 3.99. The number of rotatable bonds is 10. The first-order valence-electron chi connectivity index (χ1n) is 10.4. The molecule has 0 aliphatic heterocycles. The maximum atomic E-state index is 2.51. The number of likely N-dealkylation sites (N-methyl/N-ethyl adjacent to an activating group) is 1. The molecule has 2 atom stereocenters. The Morgan fingerprint density at radius 2 is 1.76 bits per heavy atom. The molecule has 148 valence electrons. The van der Waals surface area contributed by atoms with E-state index in [1.807, 2.05) is 0 Å². The van der Waals surface area contributed by atoms with E-state index in [4.69, 9.17) is 0 Å². The molecule has 0 heterocycles. The normalized spacial score (nSPS) is 21.7. The first-order chi connectivity index (χ1) is 11.2. The van der Waals surface area contributed by atoms with Crippen LogP contribution in [-0.4, -0.2) is 31.2 Å². The van der Waals surface area contributed by atoms with Crippen LogP contribution in [0.1, 0.15) is 86.0 Å². The Morgan fingerprint density at radius 1 is 1.16 bits per heavy atom. The average Bonchev–Trinajstić information content (AvgIpc) is 2.49. The van der Waals surface area contributed by atoms with Crippen molar-refractivity contribution in [1.29, 1.82) is 0 Å². The highest BCUT2D eigenvalue weighted by Crippen LogP contribution is 2.41. The van der Waals surface area contributed by atoms with Gasteiger partial charge >= 0.3 is 0 Å². The number of quaternary nitrogens is 1. The lowest BCUT2D eigenvalue weighted by atomic mass is 9.68. The zero-order valence-electron chi connectivity index (χ0n) is 18.1. The quantitative estimate of drug-likeness (QED) is 0.201. The second-order valence-electron chi connectivity index (χ2n) is 9.35. The summed E-state index contributed by atoms with van der Waals surface area (Å²) in [6, 6.07) is 0.589. The summed E-state index contributed by atoms with van der Waals surface area (Å²) in [4.78, 5) is 0. The van der Waals surface area contributed by atoms with E-state index in [1.165, 1.54) is 57.9 Å². The molecule has 0 aromatic heterocycles. The molecule has 0 radical (unpaired) electrons. The second-order valence-corrected chi connectivity index (χ2v) is 9.35. The van der Waals surface area contributed by atoms with Gasteiger partial charge in [0, 0.05) is 5.92 Å². The summed E-state index contributed by atoms with van der Waals surface area (Å²) in [7, 11) is 4.80. The summed E-state index contributed by atoms with van der Waals surface area (Å²) in [5.41, 5.74) is 1.97. The van der Waals surface area contributed by atoms with Crippen LogP contribution in [0.15, 0.2) is 23.8 Å². The van der Waals surface area contributed by atoms with Crippen LogP contribution in [0.5, 0.6) is 0 Å². The van der Waals surface area contributed by atoms with Gasteiger partial charge in [-0.3, -0.25) is 0 Å². The minimum atomic E-state index is 0. The fourth-order valence-electron chi connectivity index (χ4n) is 3.99. The molecule has 1 nitrogen and oxygen atoms in total. The summed E-state index contributed by atoms with van der Waals surface area (Å²) in [5.74, 6) is 0.614. The van der Waals surface area contributed by atoms with Crippen molar-refractivity contribution in [2.45, 2.75) is 92.0 Å². The third-order valence-corrected chi connectivity index (χ3v) is 6.36. The van der Waals surface area contributed by atoms with Gasteiger partial charge in [0.05, 0.1) is 20.6 Å². The molecule has 1 aliphatic rings. The van der Waals surface area contributed by atoms with Crippen LogP contribution in [0.4, 0.5) is 0 Å². The number of hydrogen-bond acceptors (Lipinski definition) is 0. The SMILES string of the molecule is CCCCCCCC[N+](C)(C)C(C)/C=C/C1C(C)=CCCC1(C)C.[I-]. The predicted octanol–water partition coefficient (Wildman–Crippen LogP) is 3.75. The summed E-state index contributed by atoms with van der Waals surface area (Å²) >= 11 is 0. The Labute approximate surface area is 175 Å². The second kappa shape index (κ2) is 11.8. The molecule has 0 amide bonds. The van der Waals surface area contributed by atoms with Gasteiger partial charge in [-0.2, -0.15) is 0 Å². The topological polar surface area (TPSA) is 0 Å². The lowest BCUT2D eigenvalue weighted by Gasteiger charge is -2.38. The van der Waals surface area contributed by atoms with Gasteiger partial charge in [-0.15, -0.1) is 0 Å².